The molecule has 0 radical (unpaired) electrons. The van der Waals surface area contributed by atoms with E-state index in [1.165, 1.54) is 11.8 Å². The fourth-order valence-electron chi connectivity index (χ4n) is 3.74. The number of hydrogen-bond acceptors (Lipinski definition) is 6. The second kappa shape index (κ2) is 9.72. The van der Waals surface area contributed by atoms with Crippen molar-refractivity contribution in [2.45, 2.75) is 25.9 Å². The van der Waals surface area contributed by atoms with E-state index in [0.717, 1.165) is 13.1 Å². The predicted molar refractivity (Wildman–Crippen MR) is 136 cm³/mol. The van der Waals surface area contributed by atoms with Crippen molar-refractivity contribution < 1.29 is 9.59 Å². The lowest BCUT2D eigenvalue weighted by Gasteiger charge is -2.32. The van der Waals surface area contributed by atoms with Gasteiger partial charge >= 0.3 is 0 Å². The number of carbonyl (C=O) groups is 2. The number of carbonyl (C=O) groups excluding carboxylic acids is 2. The second-order valence-electron chi connectivity index (χ2n) is 9.66. The first-order valence-corrected chi connectivity index (χ1v) is 12.4. The summed E-state index contributed by atoms with van der Waals surface area (Å²) in [5.41, 5.74) is 0.959. The minimum atomic E-state index is -0.482. The number of fused-ring (bicyclic) bond motifs is 1. The van der Waals surface area contributed by atoms with E-state index in [-0.39, 0.29) is 23.0 Å². The van der Waals surface area contributed by atoms with Gasteiger partial charge in [-0.2, -0.15) is 0 Å². The van der Waals surface area contributed by atoms with E-state index in [2.05, 4.69) is 4.90 Å². The van der Waals surface area contributed by atoms with Crippen LogP contribution in [0.1, 0.15) is 31.1 Å². The van der Waals surface area contributed by atoms with Gasteiger partial charge in [0, 0.05) is 37.2 Å². The van der Waals surface area contributed by atoms with Crippen molar-refractivity contribution >= 4 is 34.4 Å². The highest BCUT2D eigenvalue weighted by Gasteiger charge is 2.24. The van der Waals surface area contributed by atoms with Crippen molar-refractivity contribution in [1.29, 1.82) is 0 Å². The molecule has 4 rings (SSSR count). The summed E-state index contributed by atoms with van der Waals surface area (Å²) < 4.78 is 1.55. The summed E-state index contributed by atoms with van der Waals surface area (Å²) in [7, 11) is 2.04. The number of amides is 1. The fraction of sp³-hybridized carbons (Fsp3) is 0.385. The zero-order chi connectivity index (χ0) is 24.5. The van der Waals surface area contributed by atoms with Gasteiger partial charge in [-0.1, -0.05) is 50.7 Å². The molecule has 3 aromatic rings. The molecule has 0 unspecified atom stereocenters. The van der Waals surface area contributed by atoms with Crippen molar-refractivity contribution in [2.24, 2.45) is 5.41 Å². The maximum atomic E-state index is 13.5. The molecule has 0 bridgehead atoms. The Morgan fingerprint density at radius 3 is 2.32 bits per heavy atom. The van der Waals surface area contributed by atoms with Gasteiger partial charge in [-0.3, -0.25) is 19.0 Å². The summed E-state index contributed by atoms with van der Waals surface area (Å²) in [6.45, 7) is 8.65. The first kappa shape index (κ1) is 24.2. The predicted octanol–water partition coefficient (Wildman–Crippen LogP) is 3.48. The molecule has 2 aromatic carbocycles. The van der Waals surface area contributed by atoms with E-state index in [4.69, 9.17) is 4.98 Å². The Morgan fingerprint density at radius 1 is 1.00 bits per heavy atom. The molecule has 0 atom stereocenters. The maximum absolute atomic E-state index is 13.5. The highest BCUT2D eigenvalue weighted by Crippen LogP contribution is 2.25. The van der Waals surface area contributed by atoms with Gasteiger partial charge in [-0.15, -0.1) is 0 Å². The average Bonchev–Trinajstić information content (AvgIpc) is 2.82. The molecule has 2 heterocycles. The molecular weight excluding hydrogens is 448 g/mol. The van der Waals surface area contributed by atoms with E-state index < -0.39 is 5.41 Å². The molecule has 1 fully saturated rings. The minimum absolute atomic E-state index is 0.0545. The molecular formula is C26H30N4O3S. The number of thioether (sulfide) groups is 1. The largest absolute Gasteiger partial charge is 0.336 e. The van der Waals surface area contributed by atoms with Crippen LogP contribution in [0.4, 0.5) is 0 Å². The third-order valence-corrected chi connectivity index (χ3v) is 7.00. The number of nitrogens with zero attached hydrogens (tertiary/aromatic N) is 4. The first-order valence-electron chi connectivity index (χ1n) is 11.4. The highest BCUT2D eigenvalue weighted by atomic mass is 32.2. The van der Waals surface area contributed by atoms with Crippen LogP contribution in [0.15, 0.2) is 58.5 Å². The number of para-hydroxylation sites is 1. The average molecular weight is 479 g/mol. The minimum Gasteiger partial charge on any atom is -0.336 e. The summed E-state index contributed by atoms with van der Waals surface area (Å²) >= 11 is 1.25. The Bertz CT molecular complexity index is 1270. The van der Waals surface area contributed by atoms with Gasteiger partial charge in [-0.25, -0.2) is 4.98 Å². The number of Topliss-reactive ketones (excluding diaryl/α,β-unsaturated/α-hetero) is 1. The SMILES string of the molecule is CN1CCN(C(=O)c2ccc3c(=O)n(-c4ccccc4)c(SCC(=O)C(C)(C)C)nc3c2)CC1. The highest BCUT2D eigenvalue weighted by molar-refractivity contribution is 7.99. The van der Waals surface area contributed by atoms with Gasteiger partial charge in [0.1, 0.15) is 5.78 Å². The lowest BCUT2D eigenvalue weighted by Crippen LogP contribution is -2.47. The molecule has 7 nitrogen and oxygen atoms in total. The van der Waals surface area contributed by atoms with Crippen LogP contribution in [0.3, 0.4) is 0 Å². The Morgan fingerprint density at radius 2 is 1.68 bits per heavy atom. The van der Waals surface area contributed by atoms with Crippen molar-refractivity contribution in [3.63, 3.8) is 0 Å². The normalized spacial score (nSPS) is 15.0. The Balaban J connectivity index is 1.76. The fourth-order valence-corrected chi connectivity index (χ4v) is 4.91. The molecule has 34 heavy (non-hydrogen) atoms. The number of hydrogen-bond donors (Lipinski definition) is 0. The molecule has 8 heteroatoms. The molecule has 0 N–H and O–H groups in total. The number of aromatic nitrogens is 2. The van der Waals surface area contributed by atoms with Gasteiger partial charge in [0.25, 0.3) is 11.5 Å². The van der Waals surface area contributed by atoms with E-state index in [9.17, 15) is 14.4 Å². The van der Waals surface area contributed by atoms with E-state index in [1.54, 1.807) is 22.8 Å². The Hall–Kier alpha value is -2.97. The first-order chi connectivity index (χ1) is 16.1. The van der Waals surface area contributed by atoms with E-state index in [1.807, 2.05) is 63.1 Å². The number of piperazine rings is 1. The molecule has 178 valence electrons. The third-order valence-electron chi connectivity index (χ3n) is 6.06. The maximum Gasteiger partial charge on any atom is 0.266 e. The van der Waals surface area contributed by atoms with E-state index >= 15 is 0 Å². The Kier molecular flexibility index (Phi) is 6.91. The molecule has 1 aromatic heterocycles. The summed E-state index contributed by atoms with van der Waals surface area (Å²) in [5, 5.41) is 0.871. The number of ketones is 1. The summed E-state index contributed by atoms with van der Waals surface area (Å²) in [6, 6.07) is 14.4. The van der Waals surface area contributed by atoms with Gasteiger partial charge < -0.3 is 9.80 Å². The van der Waals surface area contributed by atoms with Crippen LogP contribution in [0.5, 0.6) is 0 Å². The van der Waals surface area contributed by atoms with Crippen LogP contribution in [0.2, 0.25) is 0 Å². The van der Waals surface area contributed by atoms with E-state index in [0.29, 0.717) is 40.4 Å². The number of likely N-dealkylation sites (N-methyl/N-ethyl adjacent to an activating group) is 1. The molecule has 1 aliphatic rings. The standard InChI is InChI=1S/C26H30N4O3S/c1-26(2,3)22(31)17-34-25-27-21-16-18(23(32)29-14-12-28(4)13-15-29)10-11-20(21)24(33)30(25)19-8-6-5-7-9-19/h5-11,16H,12-15,17H2,1-4H3. The molecule has 1 aliphatic heterocycles. The van der Waals surface area contributed by atoms with Crippen LogP contribution in [0.25, 0.3) is 16.6 Å². The quantitative estimate of drug-likeness (QED) is 0.413. The Labute approximate surface area is 203 Å². The molecule has 1 saturated heterocycles. The van der Waals surface area contributed by atoms with Crippen LogP contribution in [0, 0.1) is 5.41 Å². The molecule has 0 spiro atoms. The van der Waals surface area contributed by atoms with Gasteiger partial charge in [0.05, 0.1) is 22.3 Å². The van der Waals surface area contributed by atoms with Crippen LogP contribution in [-0.2, 0) is 4.79 Å². The van der Waals surface area contributed by atoms with Gasteiger partial charge in [-0.05, 0) is 37.4 Å². The smallest absolute Gasteiger partial charge is 0.266 e. The van der Waals surface area contributed by atoms with Crippen LogP contribution < -0.4 is 5.56 Å². The number of benzene rings is 2. The van der Waals surface area contributed by atoms with Crippen molar-refractivity contribution in [2.75, 3.05) is 39.0 Å². The zero-order valence-electron chi connectivity index (χ0n) is 20.1. The van der Waals surface area contributed by atoms with Crippen molar-refractivity contribution in [1.82, 2.24) is 19.4 Å². The topological polar surface area (TPSA) is 75.5 Å². The van der Waals surface area contributed by atoms with Crippen LogP contribution in [-0.4, -0.2) is 70.0 Å². The lowest BCUT2D eigenvalue weighted by molar-refractivity contribution is -0.123. The molecule has 0 saturated carbocycles. The monoisotopic (exact) mass is 478 g/mol. The summed E-state index contributed by atoms with van der Waals surface area (Å²) in [5.74, 6) is 0.223. The third kappa shape index (κ3) is 5.08. The van der Waals surface area contributed by atoms with Crippen molar-refractivity contribution in [3.05, 3.63) is 64.4 Å². The molecule has 1 amide bonds. The number of rotatable bonds is 5. The van der Waals surface area contributed by atoms with Crippen molar-refractivity contribution in [3.8, 4) is 5.69 Å². The van der Waals surface area contributed by atoms with Gasteiger partial charge in [0.2, 0.25) is 0 Å². The summed E-state index contributed by atoms with van der Waals surface area (Å²) in [4.78, 5) is 48.0. The second-order valence-corrected chi connectivity index (χ2v) is 10.6. The van der Waals surface area contributed by atoms with Crippen LogP contribution >= 0.6 is 11.8 Å². The summed E-state index contributed by atoms with van der Waals surface area (Å²) in [6.07, 6.45) is 0. The molecule has 0 aliphatic carbocycles. The van der Waals surface area contributed by atoms with Gasteiger partial charge in [0.15, 0.2) is 5.16 Å². The zero-order valence-corrected chi connectivity index (χ0v) is 20.9. The lowest BCUT2D eigenvalue weighted by atomic mass is 9.92.